The lowest BCUT2D eigenvalue weighted by Gasteiger charge is -2.04. The zero-order chi connectivity index (χ0) is 16.3. The Morgan fingerprint density at radius 3 is 2.39 bits per heavy atom. The van der Waals surface area contributed by atoms with E-state index in [0.717, 1.165) is 36.5 Å². The molecule has 0 aliphatic heterocycles. The molecule has 120 valence electrons. The van der Waals surface area contributed by atoms with Crippen molar-refractivity contribution in [2.75, 3.05) is 6.61 Å². The molecule has 0 bridgehead atoms. The second kappa shape index (κ2) is 9.69. The van der Waals surface area contributed by atoms with E-state index < -0.39 is 0 Å². The Balaban J connectivity index is 1.90. The third-order valence-corrected chi connectivity index (χ3v) is 3.58. The molecular weight excluding hydrogens is 282 g/mol. The van der Waals surface area contributed by atoms with Gasteiger partial charge < -0.3 is 4.74 Å². The van der Waals surface area contributed by atoms with Crippen LogP contribution in [0, 0.1) is 11.8 Å². The molecule has 1 aromatic carbocycles. The SMILES string of the molecule is CCCCCOc1ccc(C#Cc2ccc(CCC)cc2)nc1. The quantitative estimate of drug-likeness (QED) is 0.530. The zero-order valence-electron chi connectivity index (χ0n) is 14.1. The van der Waals surface area contributed by atoms with Crippen LogP contribution in [0.3, 0.4) is 0 Å². The fourth-order valence-electron chi connectivity index (χ4n) is 2.26. The van der Waals surface area contributed by atoms with Gasteiger partial charge in [-0.1, -0.05) is 51.2 Å². The maximum atomic E-state index is 5.65. The van der Waals surface area contributed by atoms with Crippen LogP contribution in [-0.2, 0) is 6.42 Å². The number of rotatable bonds is 7. The summed E-state index contributed by atoms with van der Waals surface area (Å²) in [6.07, 6.45) is 7.53. The van der Waals surface area contributed by atoms with Gasteiger partial charge >= 0.3 is 0 Å². The van der Waals surface area contributed by atoms with Gasteiger partial charge in [0.2, 0.25) is 0 Å². The van der Waals surface area contributed by atoms with Crippen LogP contribution in [-0.4, -0.2) is 11.6 Å². The van der Waals surface area contributed by atoms with Gasteiger partial charge in [-0.05, 0) is 48.6 Å². The van der Waals surface area contributed by atoms with Crippen LogP contribution in [0.5, 0.6) is 5.75 Å². The second-order valence-electron chi connectivity index (χ2n) is 5.63. The Bertz CT molecular complexity index is 632. The number of pyridine rings is 1. The molecule has 2 nitrogen and oxygen atoms in total. The number of nitrogens with zero attached hydrogens (tertiary/aromatic N) is 1. The normalized spacial score (nSPS) is 10.0. The van der Waals surface area contributed by atoms with Crippen LogP contribution in [0.2, 0.25) is 0 Å². The van der Waals surface area contributed by atoms with Crippen molar-refractivity contribution in [3.05, 3.63) is 59.4 Å². The molecule has 0 aliphatic rings. The molecule has 2 rings (SSSR count). The molecule has 0 aliphatic carbocycles. The van der Waals surface area contributed by atoms with Crippen LogP contribution < -0.4 is 4.74 Å². The molecular formula is C21H25NO. The lowest BCUT2D eigenvalue weighted by Crippen LogP contribution is -1.97. The summed E-state index contributed by atoms with van der Waals surface area (Å²) in [5.74, 6) is 7.07. The molecule has 0 saturated heterocycles. The first-order valence-corrected chi connectivity index (χ1v) is 8.51. The molecule has 0 radical (unpaired) electrons. The lowest BCUT2D eigenvalue weighted by molar-refractivity contribution is 0.305. The number of aryl methyl sites for hydroxylation is 1. The predicted octanol–water partition coefficient (Wildman–Crippen LogP) is 5.00. The van der Waals surface area contributed by atoms with E-state index in [1.165, 1.54) is 24.8 Å². The van der Waals surface area contributed by atoms with E-state index in [9.17, 15) is 0 Å². The minimum atomic E-state index is 0.755. The van der Waals surface area contributed by atoms with E-state index in [1.807, 2.05) is 12.1 Å². The average molecular weight is 307 g/mol. The highest BCUT2D eigenvalue weighted by Gasteiger charge is 1.95. The number of hydrogen-bond donors (Lipinski definition) is 0. The smallest absolute Gasteiger partial charge is 0.137 e. The summed E-state index contributed by atoms with van der Waals surface area (Å²) < 4.78 is 5.65. The number of ether oxygens (including phenoxy) is 1. The van der Waals surface area contributed by atoms with Gasteiger partial charge in [-0.25, -0.2) is 4.98 Å². The summed E-state index contributed by atoms with van der Waals surface area (Å²) >= 11 is 0. The Morgan fingerprint density at radius 2 is 1.74 bits per heavy atom. The summed E-state index contributed by atoms with van der Waals surface area (Å²) in [4.78, 5) is 4.34. The minimum absolute atomic E-state index is 0.755. The van der Waals surface area contributed by atoms with E-state index >= 15 is 0 Å². The number of hydrogen-bond acceptors (Lipinski definition) is 2. The van der Waals surface area contributed by atoms with Crippen LogP contribution >= 0.6 is 0 Å². The summed E-state index contributed by atoms with van der Waals surface area (Å²) in [5, 5.41) is 0. The molecule has 0 N–H and O–H groups in total. The van der Waals surface area contributed by atoms with E-state index in [-0.39, 0.29) is 0 Å². The first-order chi connectivity index (χ1) is 11.3. The third-order valence-electron chi connectivity index (χ3n) is 3.58. The summed E-state index contributed by atoms with van der Waals surface area (Å²) in [6, 6.07) is 12.3. The average Bonchev–Trinajstić information content (AvgIpc) is 2.59. The predicted molar refractivity (Wildman–Crippen MR) is 95.7 cm³/mol. The van der Waals surface area contributed by atoms with E-state index in [0.29, 0.717) is 0 Å². The van der Waals surface area contributed by atoms with Crippen molar-refractivity contribution in [3.63, 3.8) is 0 Å². The Morgan fingerprint density at radius 1 is 0.913 bits per heavy atom. The topological polar surface area (TPSA) is 22.1 Å². The highest BCUT2D eigenvalue weighted by atomic mass is 16.5. The molecule has 1 aromatic heterocycles. The van der Waals surface area contributed by atoms with Gasteiger partial charge in [0.15, 0.2) is 0 Å². The van der Waals surface area contributed by atoms with E-state index in [1.54, 1.807) is 6.20 Å². The fraction of sp³-hybridized carbons (Fsp3) is 0.381. The maximum absolute atomic E-state index is 5.65. The second-order valence-corrected chi connectivity index (χ2v) is 5.63. The van der Waals surface area contributed by atoms with Crippen molar-refractivity contribution in [2.45, 2.75) is 46.0 Å². The van der Waals surface area contributed by atoms with Gasteiger partial charge in [-0.2, -0.15) is 0 Å². The highest BCUT2D eigenvalue weighted by molar-refractivity contribution is 5.41. The number of aromatic nitrogens is 1. The third kappa shape index (κ3) is 6.16. The molecule has 0 spiro atoms. The Kier molecular flexibility index (Phi) is 7.20. The summed E-state index contributed by atoms with van der Waals surface area (Å²) in [7, 11) is 0. The Labute approximate surface area is 139 Å². The van der Waals surface area contributed by atoms with Crippen molar-refractivity contribution < 1.29 is 4.74 Å². The summed E-state index contributed by atoms with van der Waals surface area (Å²) in [6.45, 7) is 5.13. The molecule has 2 heteroatoms. The monoisotopic (exact) mass is 307 g/mol. The Hall–Kier alpha value is -2.27. The fourth-order valence-corrected chi connectivity index (χ4v) is 2.26. The molecule has 23 heavy (non-hydrogen) atoms. The van der Waals surface area contributed by atoms with E-state index in [2.05, 4.69) is 54.9 Å². The van der Waals surface area contributed by atoms with Crippen molar-refractivity contribution in [2.24, 2.45) is 0 Å². The van der Waals surface area contributed by atoms with Crippen LogP contribution in [0.15, 0.2) is 42.6 Å². The standard InChI is InChI=1S/C21H25NO/c1-3-5-6-16-23-21-15-14-20(22-17-21)13-12-19-10-8-18(7-4-2)9-11-19/h8-11,14-15,17H,3-7,16H2,1-2H3. The van der Waals surface area contributed by atoms with Gasteiger partial charge in [-0.15, -0.1) is 0 Å². The molecule has 2 aromatic rings. The lowest BCUT2D eigenvalue weighted by atomic mass is 10.1. The first-order valence-electron chi connectivity index (χ1n) is 8.51. The van der Waals surface area contributed by atoms with Gasteiger partial charge in [0.1, 0.15) is 11.4 Å². The van der Waals surface area contributed by atoms with Crippen LogP contribution in [0.1, 0.15) is 56.4 Å². The van der Waals surface area contributed by atoms with Gasteiger partial charge in [-0.3, -0.25) is 0 Å². The number of unbranched alkanes of at least 4 members (excludes halogenated alkanes) is 2. The van der Waals surface area contributed by atoms with E-state index in [4.69, 9.17) is 4.74 Å². The van der Waals surface area contributed by atoms with Crippen molar-refractivity contribution >= 4 is 0 Å². The van der Waals surface area contributed by atoms with Crippen molar-refractivity contribution in [3.8, 4) is 17.6 Å². The highest BCUT2D eigenvalue weighted by Crippen LogP contribution is 2.10. The molecule has 0 saturated carbocycles. The maximum Gasteiger partial charge on any atom is 0.137 e. The zero-order valence-corrected chi connectivity index (χ0v) is 14.1. The van der Waals surface area contributed by atoms with Crippen LogP contribution in [0.25, 0.3) is 0 Å². The summed E-state index contributed by atoms with van der Waals surface area (Å²) in [5.41, 5.74) is 3.15. The molecule has 1 heterocycles. The minimum Gasteiger partial charge on any atom is -0.492 e. The molecule has 0 atom stereocenters. The van der Waals surface area contributed by atoms with Crippen LogP contribution in [0.4, 0.5) is 0 Å². The van der Waals surface area contributed by atoms with Crippen molar-refractivity contribution in [1.29, 1.82) is 0 Å². The first kappa shape index (κ1) is 17.1. The molecule has 0 amide bonds. The number of benzene rings is 1. The van der Waals surface area contributed by atoms with Gasteiger partial charge in [0.05, 0.1) is 12.8 Å². The van der Waals surface area contributed by atoms with Gasteiger partial charge in [0, 0.05) is 5.56 Å². The largest absolute Gasteiger partial charge is 0.492 e. The van der Waals surface area contributed by atoms with Gasteiger partial charge in [0.25, 0.3) is 0 Å². The molecule has 0 fully saturated rings. The molecule has 0 unspecified atom stereocenters. The van der Waals surface area contributed by atoms with Crippen molar-refractivity contribution in [1.82, 2.24) is 4.98 Å².